The average Bonchev–Trinajstić information content (AvgIpc) is 2.80. The van der Waals surface area contributed by atoms with E-state index in [-0.39, 0.29) is 0 Å². The van der Waals surface area contributed by atoms with Gasteiger partial charge in [-0.25, -0.2) is 0 Å². The summed E-state index contributed by atoms with van der Waals surface area (Å²) in [6, 6.07) is 13.4. The van der Waals surface area contributed by atoms with Gasteiger partial charge >= 0.3 is 0 Å². The Bertz CT molecular complexity index is 585. The van der Waals surface area contributed by atoms with Crippen LogP contribution in [0, 0.1) is 6.92 Å². The third kappa shape index (κ3) is 3.51. The first-order valence-corrected chi connectivity index (χ1v) is 8.74. The van der Waals surface area contributed by atoms with E-state index >= 15 is 0 Å². The molecule has 0 bridgehead atoms. The fourth-order valence-corrected chi connectivity index (χ4v) is 4.11. The van der Waals surface area contributed by atoms with Crippen molar-refractivity contribution >= 4 is 11.3 Å². The van der Waals surface area contributed by atoms with Crippen LogP contribution in [0.3, 0.4) is 0 Å². The summed E-state index contributed by atoms with van der Waals surface area (Å²) in [5.41, 5.74) is 1.35. The summed E-state index contributed by atoms with van der Waals surface area (Å²) in [6.45, 7) is 6.60. The Morgan fingerprint density at radius 3 is 2.59 bits per heavy atom. The van der Waals surface area contributed by atoms with E-state index in [4.69, 9.17) is 4.74 Å². The molecule has 1 unspecified atom stereocenters. The second kappa shape index (κ2) is 7.27. The number of hydrogen-bond donors (Lipinski definition) is 1. The normalized spacial score (nSPS) is 17.9. The molecular weight excluding hydrogens is 292 g/mol. The molecule has 1 aliphatic heterocycles. The highest BCUT2D eigenvalue weighted by Crippen LogP contribution is 2.34. The molecule has 0 spiro atoms. The van der Waals surface area contributed by atoms with Crippen molar-refractivity contribution in [2.45, 2.75) is 19.4 Å². The van der Waals surface area contributed by atoms with Gasteiger partial charge in [0.1, 0.15) is 5.75 Å². The van der Waals surface area contributed by atoms with Gasteiger partial charge in [-0.2, -0.15) is 0 Å². The third-order valence-electron chi connectivity index (χ3n) is 4.20. The Hall–Kier alpha value is -1.36. The largest absolute Gasteiger partial charge is 0.497 e. The van der Waals surface area contributed by atoms with E-state index in [1.165, 1.54) is 21.7 Å². The Kier molecular flexibility index (Phi) is 5.13. The maximum atomic E-state index is 5.30. The first-order chi connectivity index (χ1) is 10.8. The van der Waals surface area contributed by atoms with E-state index in [9.17, 15) is 0 Å². The summed E-state index contributed by atoms with van der Waals surface area (Å²) in [4.78, 5) is 5.42. The zero-order valence-corrected chi connectivity index (χ0v) is 14.2. The number of rotatable bonds is 4. The number of nitrogens with zero attached hydrogens (tertiary/aromatic N) is 1. The van der Waals surface area contributed by atoms with E-state index in [0.29, 0.717) is 6.04 Å². The molecule has 1 saturated heterocycles. The Morgan fingerprint density at radius 1 is 1.09 bits per heavy atom. The smallest absolute Gasteiger partial charge is 0.118 e. The standard InChI is InChI=1S/C18H24N2OS/c1-14-4-9-17(22-14)18(20-12-3-10-19-11-13-20)15-5-7-16(21-2)8-6-15/h4-9,18-19H,3,10-13H2,1-2H3. The Balaban J connectivity index is 1.93. The third-order valence-corrected chi connectivity index (χ3v) is 5.26. The fourth-order valence-electron chi connectivity index (χ4n) is 3.07. The lowest BCUT2D eigenvalue weighted by Crippen LogP contribution is -2.32. The van der Waals surface area contributed by atoms with Crippen molar-refractivity contribution in [3.05, 3.63) is 51.7 Å². The lowest BCUT2D eigenvalue weighted by Gasteiger charge is -2.30. The summed E-state index contributed by atoms with van der Waals surface area (Å²) in [7, 11) is 1.72. The van der Waals surface area contributed by atoms with Gasteiger partial charge in [-0.05, 0) is 49.7 Å². The Morgan fingerprint density at radius 2 is 1.91 bits per heavy atom. The van der Waals surface area contributed by atoms with Crippen LogP contribution in [-0.2, 0) is 0 Å². The van der Waals surface area contributed by atoms with Gasteiger partial charge in [0, 0.05) is 29.4 Å². The molecule has 2 heterocycles. The predicted molar refractivity (Wildman–Crippen MR) is 93.0 cm³/mol. The number of thiophene rings is 1. The molecule has 22 heavy (non-hydrogen) atoms. The van der Waals surface area contributed by atoms with E-state index in [1.54, 1.807) is 7.11 Å². The van der Waals surface area contributed by atoms with Crippen LogP contribution in [0.2, 0.25) is 0 Å². The second-order valence-corrected chi connectivity index (χ2v) is 7.08. The van der Waals surface area contributed by atoms with Crippen LogP contribution >= 0.6 is 11.3 Å². The van der Waals surface area contributed by atoms with Gasteiger partial charge in [0.2, 0.25) is 0 Å². The Labute approximate surface area is 136 Å². The molecule has 1 aliphatic rings. The van der Waals surface area contributed by atoms with Gasteiger partial charge in [0.25, 0.3) is 0 Å². The number of methoxy groups -OCH3 is 1. The molecule has 1 N–H and O–H groups in total. The molecular formula is C18H24N2OS. The van der Waals surface area contributed by atoms with Gasteiger partial charge < -0.3 is 10.1 Å². The van der Waals surface area contributed by atoms with Crippen LogP contribution < -0.4 is 10.1 Å². The van der Waals surface area contributed by atoms with Crippen LogP contribution in [0.15, 0.2) is 36.4 Å². The van der Waals surface area contributed by atoms with Crippen LogP contribution in [0.5, 0.6) is 5.75 Å². The summed E-state index contributed by atoms with van der Waals surface area (Å²) in [5, 5.41) is 3.50. The van der Waals surface area contributed by atoms with Crippen LogP contribution in [0.4, 0.5) is 0 Å². The van der Waals surface area contributed by atoms with Crippen molar-refractivity contribution in [2.75, 3.05) is 33.3 Å². The van der Waals surface area contributed by atoms with Crippen molar-refractivity contribution in [1.29, 1.82) is 0 Å². The number of benzene rings is 1. The summed E-state index contributed by atoms with van der Waals surface area (Å²) in [6.07, 6.45) is 1.21. The molecule has 4 heteroatoms. The minimum absolute atomic E-state index is 0.351. The lowest BCUT2D eigenvalue weighted by molar-refractivity contribution is 0.244. The molecule has 0 radical (unpaired) electrons. The number of aryl methyl sites for hydroxylation is 1. The fraction of sp³-hybridized carbons (Fsp3) is 0.444. The minimum Gasteiger partial charge on any atom is -0.497 e. The first-order valence-electron chi connectivity index (χ1n) is 7.93. The molecule has 0 amide bonds. The zero-order chi connectivity index (χ0) is 15.4. The van der Waals surface area contributed by atoms with Crippen LogP contribution in [0.1, 0.15) is 27.8 Å². The van der Waals surface area contributed by atoms with Crippen molar-refractivity contribution < 1.29 is 4.74 Å². The second-order valence-electron chi connectivity index (χ2n) is 5.76. The summed E-state index contributed by atoms with van der Waals surface area (Å²) < 4.78 is 5.30. The molecule has 1 atom stereocenters. The van der Waals surface area contributed by atoms with Crippen LogP contribution in [0.25, 0.3) is 0 Å². The highest BCUT2D eigenvalue weighted by molar-refractivity contribution is 7.12. The zero-order valence-electron chi connectivity index (χ0n) is 13.3. The summed E-state index contributed by atoms with van der Waals surface area (Å²) in [5.74, 6) is 0.919. The molecule has 1 aromatic heterocycles. The monoisotopic (exact) mass is 316 g/mol. The molecule has 3 nitrogen and oxygen atoms in total. The van der Waals surface area contributed by atoms with Crippen molar-refractivity contribution in [3.8, 4) is 5.75 Å². The molecule has 1 fully saturated rings. The van der Waals surface area contributed by atoms with E-state index in [0.717, 1.165) is 31.9 Å². The van der Waals surface area contributed by atoms with E-state index in [1.807, 2.05) is 11.3 Å². The van der Waals surface area contributed by atoms with Gasteiger partial charge in [0.15, 0.2) is 0 Å². The predicted octanol–water partition coefficient (Wildman–Crippen LogP) is 3.45. The van der Waals surface area contributed by atoms with Crippen molar-refractivity contribution in [1.82, 2.24) is 10.2 Å². The van der Waals surface area contributed by atoms with Gasteiger partial charge in [-0.3, -0.25) is 4.90 Å². The maximum Gasteiger partial charge on any atom is 0.118 e. The van der Waals surface area contributed by atoms with Crippen LogP contribution in [-0.4, -0.2) is 38.2 Å². The molecule has 2 aromatic rings. The number of nitrogens with one attached hydrogen (secondary N) is 1. The lowest BCUT2D eigenvalue weighted by atomic mass is 10.0. The minimum atomic E-state index is 0.351. The molecule has 3 rings (SSSR count). The average molecular weight is 316 g/mol. The van der Waals surface area contributed by atoms with Gasteiger partial charge in [-0.15, -0.1) is 11.3 Å². The SMILES string of the molecule is COc1ccc(C(c2ccc(C)s2)N2CCCNCC2)cc1. The number of hydrogen-bond acceptors (Lipinski definition) is 4. The van der Waals surface area contributed by atoms with Crippen molar-refractivity contribution in [2.24, 2.45) is 0 Å². The van der Waals surface area contributed by atoms with Gasteiger partial charge in [-0.1, -0.05) is 12.1 Å². The van der Waals surface area contributed by atoms with Crippen molar-refractivity contribution in [3.63, 3.8) is 0 Å². The summed E-state index contributed by atoms with van der Waals surface area (Å²) >= 11 is 1.91. The molecule has 1 aromatic carbocycles. The highest BCUT2D eigenvalue weighted by atomic mass is 32.1. The number of ether oxygens (including phenoxy) is 1. The topological polar surface area (TPSA) is 24.5 Å². The molecule has 118 valence electrons. The van der Waals surface area contributed by atoms with E-state index in [2.05, 4.69) is 53.5 Å². The maximum absolute atomic E-state index is 5.30. The highest BCUT2D eigenvalue weighted by Gasteiger charge is 2.24. The van der Waals surface area contributed by atoms with Gasteiger partial charge in [0.05, 0.1) is 13.2 Å². The quantitative estimate of drug-likeness (QED) is 0.935. The molecule has 0 aliphatic carbocycles. The first kappa shape index (κ1) is 15.5. The molecule has 0 saturated carbocycles. The van der Waals surface area contributed by atoms with E-state index < -0.39 is 0 Å².